The summed E-state index contributed by atoms with van der Waals surface area (Å²) in [5.41, 5.74) is 2.77. The number of Topliss-reactive ketones (excluding diaryl/α,β-unsaturated/α-hetero) is 1. The number of aliphatic hydroxyl groups excluding tert-OH is 1. The van der Waals surface area contributed by atoms with Crippen molar-refractivity contribution in [3.8, 4) is 0 Å². The van der Waals surface area contributed by atoms with Gasteiger partial charge in [0.2, 0.25) is 0 Å². The maximum Gasteiger partial charge on any atom is 0.182 e. The zero-order valence-corrected chi connectivity index (χ0v) is 13.3. The molecule has 2 aromatic rings. The van der Waals surface area contributed by atoms with Crippen LogP contribution in [0.15, 0.2) is 24.3 Å². The molecule has 1 aromatic carbocycles. The normalized spacial score (nSPS) is 21.1. The number of benzene rings is 1. The third kappa shape index (κ3) is 2.69. The average molecular weight is 300 g/mol. The summed E-state index contributed by atoms with van der Waals surface area (Å²) >= 11 is 0. The van der Waals surface area contributed by atoms with E-state index in [4.69, 9.17) is 0 Å². The van der Waals surface area contributed by atoms with Crippen molar-refractivity contribution in [2.24, 2.45) is 5.92 Å². The SMILES string of the molecule is Cc1[nH]c2ccccc2c1C(=O)C(C)N1CCCC(CO)C1. The number of fused-ring (bicyclic) bond motifs is 1. The van der Waals surface area contributed by atoms with E-state index in [1.807, 2.05) is 38.1 Å². The largest absolute Gasteiger partial charge is 0.396 e. The van der Waals surface area contributed by atoms with E-state index in [0.717, 1.165) is 48.1 Å². The number of aliphatic hydroxyl groups is 1. The zero-order valence-electron chi connectivity index (χ0n) is 13.3. The van der Waals surface area contributed by atoms with Crippen LogP contribution in [0.1, 0.15) is 35.8 Å². The number of H-pyrrole nitrogens is 1. The molecular formula is C18H24N2O2. The van der Waals surface area contributed by atoms with Crippen molar-refractivity contribution in [2.45, 2.75) is 32.7 Å². The first kappa shape index (κ1) is 15.3. The third-order valence-corrected chi connectivity index (χ3v) is 4.88. The van der Waals surface area contributed by atoms with E-state index in [1.165, 1.54) is 0 Å². The molecule has 0 spiro atoms. The molecule has 1 fully saturated rings. The van der Waals surface area contributed by atoms with Gasteiger partial charge in [-0.05, 0) is 45.2 Å². The molecule has 2 unspecified atom stereocenters. The number of nitrogens with zero attached hydrogens (tertiary/aromatic N) is 1. The molecule has 4 heteroatoms. The summed E-state index contributed by atoms with van der Waals surface area (Å²) in [7, 11) is 0. The maximum atomic E-state index is 13.0. The molecule has 0 bridgehead atoms. The van der Waals surface area contributed by atoms with Gasteiger partial charge in [-0.2, -0.15) is 0 Å². The van der Waals surface area contributed by atoms with Crippen molar-refractivity contribution in [2.75, 3.05) is 19.7 Å². The van der Waals surface area contributed by atoms with Gasteiger partial charge in [-0.15, -0.1) is 0 Å². The number of aromatic amines is 1. The fourth-order valence-electron chi connectivity index (χ4n) is 3.57. The van der Waals surface area contributed by atoms with Crippen LogP contribution < -0.4 is 0 Å². The lowest BCUT2D eigenvalue weighted by Gasteiger charge is -2.35. The molecule has 0 radical (unpaired) electrons. The van der Waals surface area contributed by atoms with Gasteiger partial charge in [0, 0.05) is 35.3 Å². The fraction of sp³-hybridized carbons (Fsp3) is 0.500. The minimum absolute atomic E-state index is 0.146. The molecule has 2 heterocycles. The third-order valence-electron chi connectivity index (χ3n) is 4.88. The number of para-hydroxylation sites is 1. The lowest BCUT2D eigenvalue weighted by atomic mass is 9.95. The van der Waals surface area contributed by atoms with E-state index in [0.29, 0.717) is 5.92 Å². The monoisotopic (exact) mass is 300 g/mol. The summed E-state index contributed by atoms with van der Waals surface area (Å²) in [5.74, 6) is 0.474. The summed E-state index contributed by atoms with van der Waals surface area (Å²) in [4.78, 5) is 18.5. The number of rotatable bonds is 4. The highest BCUT2D eigenvalue weighted by atomic mass is 16.3. The summed E-state index contributed by atoms with van der Waals surface area (Å²) in [6, 6.07) is 7.82. The first-order valence-electron chi connectivity index (χ1n) is 8.08. The molecule has 1 aliphatic rings. The second kappa shape index (κ2) is 6.23. The second-order valence-electron chi connectivity index (χ2n) is 6.40. The fourth-order valence-corrected chi connectivity index (χ4v) is 3.57. The van der Waals surface area contributed by atoms with Crippen molar-refractivity contribution < 1.29 is 9.90 Å². The first-order chi connectivity index (χ1) is 10.6. The van der Waals surface area contributed by atoms with Gasteiger partial charge in [0.15, 0.2) is 5.78 Å². The van der Waals surface area contributed by atoms with Crippen LogP contribution >= 0.6 is 0 Å². The van der Waals surface area contributed by atoms with Gasteiger partial charge in [0.05, 0.1) is 6.04 Å². The van der Waals surface area contributed by atoms with Crippen LogP contribution in [0.2, 0.25) is 0 Å². The summed E-state index contributed by atoms with van der Waals surface area (Å²) < 4.78 is 0. The molecule has 0 saturated carbocycles. The van der Waals surface area contributed by atoms with E-state index >= 15 is 0 Å². The number of aryl methyl sites for hydroxylation is 1. The average Bonchev–Trinajstić information content (AvgIpc) is 2.89. The topological polar surface area (TPSA) is 56.3 Å². The van der Waals surface area contributed by atoms with Gasteiger partial charge in [-0.1, -0.05) is 18.2 Å². The zero-order chi connectivity index (χ0) is 15.7. The Labute approximate surface area is 131 Å². The maximum absolute atomic E-state index is 13.0. The van der Waals surface area contributed by atoms with Crippen molar-refractivity contribution in [3.63, 3.8) is 0 Å². The molecule has 3 rings (SSSR count). The molecule has 22 heavy (non-hydrogen) atoms. The van der Waals surface area contributed by atoms with Crippen LogP contribution in [0.5, 0.6) is 0 Å². The van der Waals surface area contributed by atoms with E-state index in [2.05, 4.69) is 9.88 Å². The van der Waals surface area contributed by atoms with Crippen LogP contribution in [0, 0.1) is 12.8 Å². The molecule has 4 nitrogen and oxygen atoms in total. The number of carbonyl (C=O) groups is 1. The molecule has 0 aliphatic carbocycles. The molecular weight excluding hydrogens is 276 g/mol. The highest BCUT2D eigenvalue weighted by Crippen LogP contribution is 2.26. The van der Waals surface area contributed by atoms with Crippen LogP contribution in [-0.2, 0) is 0 Å². The van der Waals surface area contributed by atoms with Gasteiger partial charge in [-0.25, -0.2) is 0 Å². The quantitative estimate of drug-likeness (QED) is 0.854. The van der Waals surface area contributed by atoms with E-state index in [9.17, 15) is 9.90 Å². The molecule has 2 atom stereocenters. The number of nitrogens with one attached hydrogen (secondary N) is 1. The highest BCUT2D eigenvalue weighted by Gasteiger charge is 2.29. The van der Waals surface area contributed by atoms with Gasteiger partial charge in [0.1, 0.15) is 0 Å². The smallest absolute Gasteiger partial charge is 0.182 e. The molecule has 1 aliphatic heterocycles. The number of piperidine rings is 1. The van der Waals surface area contributed by atoms with E-state index < -0.39 is 0 Å². The molecule has 0 amide bonds. The van der Waals surface area contributed by atoms with Gasteiger partial charge < -0.3 is 10.1 Å². The van der Waals surface area contributed by atoms with Gasteiger partial charge >= 0.3 is 0 Å². The van der Waals surface area contributed by atoms with Crippen LogP contribution in [0.3, 0.4) is 0 Å². The molecule has 1 saturated heterocycles. The first-order valence-corrected chi connectivity index (χ1v) is 8.08. The Hall–Kier alpha value is -1.65. The van der Waals surface area contributed by atoms with Crippen molar-refractivity contribution in [3.05, 3.63) is 35.5 Å². The number of hydrogen-bond donors (Lipinski definition) is 2. The van der Waals surface area contributed by atoms with Crippen molar-refractivity contribution in [1.29, 1.82) is 0 Å². The Morgan fingerprint density at radius 3 is 3.00 bits per heavy atom. The standard InChI is InChI=1S/C18H24N2O2/c1-12-17(15-7-3-4-8-16(15)19-12)18(22)13(2)20-9-5-6-14(10-20)11-21/h3-4,7-8,13-14,19,21H,5-6,9-11H2,1-2H3. The highest BCUT2D eigenvalue weighted by molar-refractivity contribution is 6.11. The molecule has 118 valence electrons. The predicted molar refractivity (Wildman–Crippen MR) is 88.2 cm³/mol. The Kier molecular flexibility index (Phi) is 4.32. The number of likely N-dealkylation sites (tertiary alicyclic amines) is 1. The number of carbonyl (C=O) groups excluding carboxylic acids is 1. The lowest BCUT2D eigenvalue weighted by molar-refractivity contribution is 0.0674. The number of aromatic nitrogens is 1. The Balaban J connectivity index is 1.87. The summed E-state index contributed by atoms with van der Waals surface area (Å²) in [5, 5.41) is 10.4. The van der Waals surface area contributed by atoms with E-state index in [1.54, 1.807) is 0 Å². The molecule has 2 N–H and O–H groups in total. The summed E-state index contributed by atoms with van der Waals surface area (Å²) in [6.07, 6.45) is 2.11. The van der Waals surface area contributed by atoms with Crippen molar-refractivity contribution >= 4 is 16.7 Å². The minimum Gasteiger partial charge on any atom is -0.396 e. The Morgan fingerprint density at radius 1 is 1.45 bits per heavy atom. The Morgan fingerprint density at radius 2 is 2.23 bits per heavy atom. The minimum atomic E-state index is -0.146. The lowest BCUT2D eigenvalue weighted by Crippen LogP contribution is -2.45. The van der Waals surface area contributed by atoms with Crippen LogP contribution in [-0.4, -0.2) is 46.5 Å². The Bertz CT molecular complexity index is 677. The second-order valence-corrected chi connectivity index (χ2v) is 6.40. The molecule has 1 aromatic heterocycles. The van der Waals surface area contributed by atoms with Gasteiger partial charge in [0.25, 0.3) is 0 Å². The van der Waals surface area contributed by atoms with E-state index in [-0.39, 0.29) is 18.4 Å². The van der Waals surface area contributed by atoms with Crippen LogP contribution in [0.4, 0.5) is 0 Å². The van der Waals surface area contributed by atoms with Crippen molar-refractivity contribution in [1.82, 2.24) is 9.88 Å². The van der Waals surface area contributed by atoms with Gasteiger partial charge in [-0.3, -0.25) is 9.69 Å². The van der Waals surface area contributed by atoms with Crippen LogP contribution in [0.25, 0.3) is 10.9 Å². The predicted octanol–water partition coefficient (Wildman–Crippen LogP) is 2.75. The number of hydrogen-bond acceptors (Lipinski definition) is 3. The summed E-state index contributed by atoms with van der Waals surface area (Å²) in [6.45, 7) is 5.91. The number of ketones is 1.